The number of benzene rings is 1. The quantitative estimate of drug-likeness (QED) is 0.410. The Morgan fingerprint density at radius 3 is 2.76 bits per heavy atom. The predicted octanol–water partition coefficient (Wildman–Crippen LogP) is 4.82. The van der Waals surface area contributed by atoms with Crippen LogP contribution < -0.4 is 10.4 Å². The van der Waals surface area contributed by atoms with Gasteiger partial charge in [-0.2, -0.15) is 0 Å². The van der Waals surface area contributed by atoms with E-state index in [-0.39, 0.29) is 0 Å². The molecule has 0 saturated carbocycles. The van der Waals surface area contributed by atoms with E-state index in [1.165, 1.54) is 6.07 Å². The lowest BCUT2D eigenvalue weighted by Crippen LogP contribution is -2.39. The lowest BCUT2D eigenvalue weighted by atomic mass is 9.95. The minimum Gasteiger partial charge on any atom is -0.488 e. The molecular weight excluding hydrogens is 372 g/mol. The number of ether oxygens (including phenoxy) is 2. The second-order valence-corrected chi connectivity index (χ2v) is 7.66. The van der Waals surface area contributed by atoms with Gasteiger partial charge >= 0.3 is 5.63 Å². The van der Waals surface area contributed by atoms with Crippen molar-refractivity contribution in [3.63, 3.8) is 0 Å². The second kappa shape index (κ2) is 8.84. The maximum atomic E-state index is 11.5. The normalized spacial score (nSPS) is 13.9. The average Bonchev–Trinajstić information content (AvgIpc) is 3.13. The molecule has 1 N–H and O–H groups in total. The van der Waals surface area contributed by atoms with Crippen molar-refractivity contribution in [2.75, 3.05) is 13.2 Å². The smallest absolute Gasteiger partial charge is 0.336 e. The number of hydrogen-bond donors (Lipinski definition) is 1. The van der Waals surface area contributed by atoms with Gasteiger partial charge < -0.3 is 23.4 Å². The highest BCUT2D eigenvalue weighted by atomic mass is 16.5. The molecule has 1 aromatic carbocycles. The van der Waals surface area contributed by atoms with E-state index < -0.39 is 17.3 Å². The first kappa shape index (κ1) is 21.1. The van der Waals surface area contributed by atoms with E-state index in [0.717, 1.165) is 22.8 Å². The minimum atomic E-state index is -0.564. The highest BCUT2D eigenvalue weighted by Gasteiger charge is 2.27. The molecule has 1 unspecified atom stereocenters. The summed E-state index contributed by atoms with van der Waals surface area (Å²) in [4.78, 5) is 11.5. The maximum Gasteiger partial charge on any atom is 0.336 e. The highest BCUT2D eigenvalue weighted by Crippen LogP contribution is 2.35. The number of rotatable bonds is 9. The number of furan rings is 1. The molecule has 0 radical (unpaired) electrons. The van der Waals surface area contributed by atoms with Gasteiger partial charge in [-0.15, -0.1) is 0 Å². The number of hydrogen-bond acceptors (Lipinski definition) is 6. The molecule has 6 heteroatoms. The number of allylic oxidation sites excluding steroid dienone is 1. The van der Waals surface area contributed by atoms with E-state index >= 15 is 0 Å². The first-order chi connectivity index (χ1) is 13.8. The SMILES string of the molecule is CCOC(C)(C)C(O)CCC(C)=CCOc1c2ccoc2cc2oc(=O)ccc12. The molecule has 0 spiro atoms. The molecule has 0 saturated heterocycles. The topological polar surface area (TPSA) is 82.0 Å². The van der Waals surface area contributed by atoms with E-state index in [9.17, 15) is 9.90 Å². The highest BCUT2D eigenvalue weighted by molar-refractivity contribution is 6.01. The zero-order valence-corrected chi connectivity index (χ0v) is 17.4. The molecule has 2 heterocycles. The fourth-order valence-corrected chi connectivity index (χ4v) is 3.32. The Kier molecular flexibility index (Phi) is 6.45. The summed E-state index contributed by atoms with van der Waals surface area (Å²) in [6.45, 7) is 8.66. The van der Waals surface area contributed by atoms with Gasteiger partial charge in [-0.25, -0.2) is 4.79 Å². The van der Waals surface area contributed by atoms with Gasteiger partial charge in [-0.05, 0) is 58.7 Å². The minimum absolute atomic E-state index is 0.356. The Bertz CT molecular complexity index is 1060. The van der Waals surface area contributed by atoms with Crippen LogP contribution >= 0.6 is 0 Å². The third-order valence-electron chi connectivity index (χ3n) is 5.10. The van der Waals surface area contributed by atoms with Crippen molar-refractivity contribution in [2.24, 2.45) is 0 Å². The van der Waals surface area contributed by atoms with E-state index in [1.54, 1.807) is 18.4 Å². The molecule has 156 valence electrons. The fraction of sp³-hybridized carbons (Fsp3) is 0.435. The molecule has 3 aromatic rings. The molecule has 2 aromatic heterocycles. The van der Waals surface area contributed by atoms with Crippen LogP contribution in [0, 0.1) is 0 Å². The Balaban J connectivity index is 1.70. The molecule has 0 aliphatic heterocycles. The van der Waals surface area contributed by atoms with Crippen molar-refractivity contribution in [3.8, 4) is 5.75 Å². The van der Waals surface area contributed by atoms with Crippen LogP contribution in [0.25, 0.3) is 21.9 Å². The molecule has 0 aliphatic rings. The van der Waals surface area contributed by atoms with Gasteiger partial charge in [0.25, 0.3) is 0 Å². The summed E-state index contributed by atoms with van der Waals surface area (Å²) in [5.74, 6) is 0.622. The van der Waals surface area contributed by atoms with Crippen LogP contribution in [0.1, 0.15) is 40.5 Å². The zero-order valence-electron chi connectivity index (χ0n) is 17.4. The summed E-state index contributed by atoms with van der Waals surface area (Å²) < 4.78 is 22.4. The summed E-state index contributed by atoms with van der Waals surface area (Å²) in [5.41, 5.74) is 1.16. The van der Waals surface area contributed by atoms with Crippen LogP contribution in [-0.2, 0) is 4.74 Å². The Morgan fingerprint density at radius 1 is 1.24 bits per heavy atom. The summed E-state index contributed by atoms with van der Waals surface area (Å²) >= 11 is 0. The van der Waals surface area contributed by atoms with Crippen molar-refractivity contribution in [2.45, 2.75) is 52.2 Å². The van der Waals surface area contributed by atoms with Gasteiger partial charge in [0.1, 0.15) is 23.5 Å². The van der Waals surface area contributed by atoms with Crippen LogP contribution in [0.2, 0.25) is 0 Å². The molecule has 0 fully saturated rings. The van der Waals surface area contributed by atoms with E-state index in [1.807, 2.05) is 39.8 Å². The molecule has 3 rings (SSSR count). The molecule has 1 atom stereocenters. The van der Waals surface area contributed by atoms with E-state index in [2.05, 4.69) is 0 Å². The van der Waals surface area contributed by atoms with E-state index in [4.69, 9.17) is 18.3 Å². The Morgan fingerprint density at radius 2 is 2.00 bits per heavy atom. The average molecular weight is 400 g/mol. The predicted molar refractivity (Wildman–Crippen MR) is 112 cm³/mol. The van der Waals surface area contributed by atoms with Gasteiger partial charge in [0.2, 0.25) is 0 Å². The van der Waals surface area contributed by atoms with Crippen molar-refractivity contribution in [1.29, 1.82) is 0 Å². The summed E-state index contributed by atoms with van der Waals surface area (Å²) in [5, 5.41) is 11.9. The summed E-state index contributed by atoms with van der Waals surface area (Å²) in [6, 6.07) is 6.61. The van der Waals surface area contributed by atoms with Gasteiger partial charge in [0.15, 0.2) is 0 Å². The monoisotopic (exact) mass is 400 g/mol. The van der Waals surface area contributed by atoms with Crippen LogP contribution in [0.5, 0.6) is 5.75 Å². The number of aliphatic hydroxyl groups is 1. The van der Waals surface area contributed by atoms with Crippen LogP contribution in [0.15, 0.2) is 55.8 Å². The summed E-state index contributed by atoms with van der Waals surface area (Å²) in [6.07, 6.45) is 4.38. The molecule has 0 bridgehead atoms. The Hall–Kier alpha value is -2.57. The Labute approximate surface area is 169 Å². The molecule has 29 heavy (non-hydrogen) atoms. The third kappa shape index (κ3) is 4.89. The van der Waals surface area contributed by atoms with Crippen molar-refractivity contribution in [3.05, 3.63) is 52.6 Å². The number of aliphatic hydroxyl groups excluding tert-OH is 1. The fourth-order valence-electron chi connectivity index (χ4n) is 3.32. The van der Waals surface area contributed by atoms with Gasteiger partial charge in [0.05, 0.1) is 28.7 Å². The van der Waals surface area contributed by atoms with Gasteiger partial charge in [-0.3, -0.25) is 0 Å². The van der Waals surface area contributed by atoms with Gasteiger partial charge in [0, 0.05) is 18.7 Å². The first-order valence-corrected chi connectivity index (χ1v) is 9.86. The largest absolute Gasteiger partial charge is 0.488 e. The maximum absolute atomic E-state index is 11.5. The van der Waals surface area contributed by atoms with Gasteiger partial charge in [-0.1, -0.05) is 5.57 Å². The van der Waals surface area contributed by atoms with Crippen molar-refractivity contribution < 1.29 is 23.4 Å². The van der Waals surface area contributed by atoms with Crippen molar-refractivity contribution in [1.82, 2.24) is 0 Å². The van der Waals surface area contributed by atoms with Crippen LogP contribution in [0.3, 0.4) is 0 Å². The lowest BCUT2D eigenvalue weighted by Gasteiger charge is -2.30. The molecule has 0 amide bonds. The van der Waals surface area contributed by atoms with Crippen molar-refractivity contribution >= 4 is 21.9 Å². The standard InChI is InChI=1S/C23H28O6/c1-5-28-23(3,4)20(24)8-6-15(2)10-12-27-22-16-7-9-21(25)29-19(16)14-18-17(22)11-13-26-18/h7,9-11,13-14,20,24H,5-6,8,12H2,1-4H3. The van der Waals surface area contributed by atoms with Crippen LogP contribution in [-0.4, -0.2) is 30.0 Å². The summed E-state index contributed by atoms with van der Waals surface area (Å²) in [7, 11) is 0. The van der Waals surface area contributed by atoms with Crippen LogP contribution in [0.4, 0.5) is 0 Å². The lowest BCUT2D eigenvalue weighted by molar-refractivity contribution is -0.0983. The molecule has 6 nitrogen and oxygen atoms in total. The number of fused-ring (bicyclic) bond motifs is 2. The van der Waals surface area contributed by atoms with E-state index in [0.29, 0.717) is 36.6 Å². The molecule has 0 aliphatic carbocycles. The third-order valence-corrected chi connectivity index (χ3v) is 5.10. The second-order valence-electron chi connectivity index (χ2n) is 7.66. The first-order valence-electron chi connectivity index (χ1n) is 9.86. The zero-order chi connectivity index (χ0) is 21.0. The molecular formula is C23H28O6.